The summed E-state index contributed by atoms with van der Waals surface area (Å²) >= 11 is 0. The summed E-state index contributed by atoms with van der Waals surface area (Å²) in [5.41, 5.74) is 12.4. The van der Waals surface area contributed by atoms with Gasteiger partial charge in [0.15, 0.2) is 0 Å². The van der Waals surface area contributed by atoms with Crippen LogP contribution in [0.15, 0.2) is 24.3 Å². The standard InChI is InChI=1S/C48H83O3P/c1-36-32-38(45(3,4)5)34-41(47(9,10)11)43(36)40(44-37(2)33-39(46(6,7)8)35-42(44)48(12,13)14)30-28-26-24-22-20-18-16-15-17-19-21-23-25-27-29-31-51-52(49)50/h32-35,40,49-50H,15-31H2,1-14H3. The van der Waals surface area contributed by atoms with E-state index in [1.165, 1.54) is 123 Å². The molecular weight excluding hydrogens is 655 g/mol. The molecule has 0 saturated carbocycles. The first-order valence-corrected chi connectivity index (χ1v) is 22.3. The molecule has 0 radical (unpaired) electrons. The van der Waals surface area contributed by atoms with Crippen LogP contribution in [0.3, 0.4) is 0 Å². The monoisotopic (exact) mass is 739 g/mol. The molecule has 0 aliphatic rings. The molecule has 0 unspecified atom stereocenters. The topological polar surface area (TPSA) is 49.7 Å². The van der Waals surface area contributed by atoms with E-state index in [0.29, 0.717) is 12.5 Å². The van der Waals surface area contributed by atoms with Gasteiger partial charge in [-0.1, -0.05) is 197 Å². The number of benzene rings is 2. The van der Waals surface area contributed by atoms with Crippen molar-refractivity contribution in [2.75, 3.05) is 6.61 Å². The summed E-state index contributed by atoms with van der Waals surface area (Å²) in [4.78, 5) is 17.6. The van der Waals surface area contributed by atoms with E-state index in [2.05, 4.69) is 121 Å². The molecule has 2 N–H and O–H groups in total. The second kappa shape index (κ2) is 21.2. The Morgan fingerprint density at radius 3 is 1.06 bits per heavy atom. The van der Waals surface area contributed by atoms with E-state index >= 15 is 0 Å². The van der Waals surface area contributed by atoms with Crippen LogP contribution < -0.4 is 0 Å². The molecule has 4 heteroatoms. The van der Waals surface area contributed by atoms with E-state index < -0.39 is 8.60 Å². The van der Waals surface area contributed by atoms with Gasteiger partial charge in [0.2, 0.25) is 0 Å². The Hall–Kier alpha value is -1.25. The van der Waals surface area contributed by atoms with Crippen molar-refractivity contribution < 1.29 is 14.3 Å². The average molecular weight is 739 g/mol. The Labute approximate surface area is 324 Å². The van der Waals surface area contributed by atoms with Crippen LogP contribution >= 0.6 is 8.60 Å². The minimum atomic E-state index is -2.18. The molecule has 2 aromatic rings. The highest BCUT2D eigenvalue weighted by molar-refractivity contribution is 7.39. The molecule has 3 nitrogen and oxygen atoms in total. The predicted octanol–water partition coefficient (Wildman–Crippen LogP) is 15.1. The summed E-state index contributed by atoms with van der Waals surface area (Å²) in [6.45, 7) is 33.9. The fourth-order valence-electron chi connectivity index (χ4n) is 7.96. The van der Waals surface area contributed by atoms with Crippen molar-refractivity contribution in [3.8, 4) is 0 Å². The molecule has 0 fully saturated rings. The van der Waals surface area contributed by atoms with Crippen molar-refractivity contribution in [3.05, 3.63) is 68.8 Å². The van der Waals surface area contributed by atoms with Gasteiger partial charge < -0.3 is 14.3 Å². The van der Waals surface area contributed by atoms with Gasteiger partial charge in [0, 0.05) is 5.92 Å². The molecular formula is C48H83O3P. The van der Waals surface area contributed by atoms with E-state index in [-0.39, 0.29) is 21.7 Å². The van der Waals surface area contributed by atoms with Crippen LogP contribution in [0.25, 0.3) is 0 Å². The van der Waals surface area contributed by atoms with Crippen molar-refractivity contribution in [3.63, 3.8) is 0 Å². The van der Waals surface area contributed by atoms with Crippen LogP contribution in [0.4, 0.5) is 0 Å². The first-order valence-electron chi connectivity index (χ1n) is 21.2. The molecule has 0 heterocycles. The van der Waals surface area contributed by atoms with Crippen LogP contribution in [-0.2, 0) is 26.2 Å². The summed E-state index contributed by atoms with van der Waals surface area (Å²) in [5, 5.41) is 0. The van der Waals surface area contributed by atoms with Gasteiger partial charge in [0.25, 0.3) is 0 Å². The zero-order valence-corrected chi connectivity index (χ0v) is 37.6. The van der Waals surface area contributed by atoms with Crippen molar-refractivity contribution >= 4 is 8.60 Å². The zero-order valence-electron chi connectivity index (χ0n) is 36.7. The Bertz CT molecular complexity index is 1250. The second-order valence-corrected chi connectivity index (χ2v) is 21.0. The fraction of sp³-hybridized carbons (Fsp3) is 0.750. The lowest BCUT2D eigenvalue weighted by atomic mass is 9.68. The Balaban J connectivity index is 2.12. The molecule has 0 atom stereocenters. The quantitative estimate of drug-likeness (QED) is 0.0990. The van der Waals surface area contributed by atoms with Gasteiger partial charge in [-0.15, -0.1) is 0 Å². The molecule has 2 aromatic carbocycles. The third-order valence-corrected chi connectivity index (χ3v) is 11.6. The summed E-state index contributed by atoms with van der Waals surface area (Å²) in [5.74, 6) is 0.390. The van der Waals surface area contributed by atoms with Crippen LogP contribution in [-0.4, -0.2) is 16.4 Å². The number of aryl methyl sites for hydroxylation is 2. The highest BCUT2D eigenvalue weighted by Gasteiger charge is 2.33. The Morgan fingerprint density at radius 1 is 0.462 bits per heavy atom. The van der Waals surface area contributed by atoms with Gasteiger partial charge in [-0.25, -0.2) is 0 Å². The van der Waals surface area contributed by atoms with Crippen molar-refractivity contribution in [1.29, 1.82) is 0 Å². The van der Waals surface area contributed by atoms with Crippen LogP contribution in [0.2, 0.25) is 0 Å². The van der Waals surface area contributed by atoms with E-state index in [1.54, 1.807) is 11.1 Å². The van der Waals surface area contributed by atoms with Gasteiger partial charge >= 0.3 is 8.60 Å². The highest BCUT2D eigenvalue weighted by Crippen LogP contribution is 2.46. The van der Waals surface area contributed by atoms with E-state index in [9.17, 15) is 0 Å². The lowest BCUT2D eigenvalue weighted by molar-refractivity contribution is 0.248. The summed E-state index contributed by atoms with van der Waals surface area (Å²) in [7, 11) is -2.18. The van der Waals surface area contributed by atoms with Crippen molar-refractivity contribution in [2.45, 2.75) is 227 Å². The Morgan fingerprint density at radius 2 is 0.769 bits per heavy atom. The molecule has 0 aliphatic heterocycles. The van der Waals surface area contributed by atoms with Gasteiger partial charge in [0.05, 0.1) is 6.61 Å². The number of hydrogen-bond acceptors (Lipinski definition) is 3. The number of rotatable bonds is 21. The lowest BCUT2D eigenvalue weighted by Gasteiger charge is -2.36. The molecule has 2 rings (SSSR count). The molecule has 0 aliphatic carbocycles. The first-order chi connectivity index (χ1) is 24.0. The lowest BCUT2D eigenvalue weighted by Crippen LogP contribution is -2.25. The normalized spacial score (nSPS) is 13.2. The van der Waals surface area contributed by atoms with E-state index in [4.69, 9.17) is 14.3 Å². The molecule has 0 aromatic heterocycles. The minimum absolute atomic E-state index is 0.0595. The van der Waals surface area contributed by atoms with Gasteiger partial charge in [-0.2, -0.15) is 0 Å². The number of hydrogen-bond donors (Lipinski definition) is 2. The maximum atomic E-state index is 8.79. The second-order valence-electron chi connectivity index (χ2n) is 20.2. The van der Waals surface area contributed by atoms with Gasteiger partial charge in [0.1, 0.15) is 0 Å². The molecule has 0 bridgehead atoms. The smallest absolute Gasteiger partial charge is 0.327 e. The molecule has 52 heavy (non-hydrogen) atoms. The highest BCUT2D eigenvalue weighted by atomic mass is 31.2. The Kier molecular flexibility index (Phi) is 19.1. The van der Waals surface area contributed by atoms with Crippen molar-refractivity contribution in [1.82, 2.24) is 0 Å². The number of unbranched alkanes of at least 4 members (excludes halogenated alkanes) is 14. The first kappa shape index (κ1) is 46.9. The van der Waals surface area contributed by atoms with Crippen LogP contribution in [0.1, 0.15) is 236 Å². The summed E-state index contributed by atoms with van der Waals surface area (Å²) in [6, 6.07) is 10.2. The predicted molar refractivity (Wildman–Crippen MR) is 230 cm³/mol. The van der Waals surface area contributed by atoms with E-state index in [0.717, 1.165) is 12.8 Å². The zero-order chi connectivity index (χ0) is 39.3. The molecule has 0 amide bonds. The maximum absolute atomic E-state index is 8.79. The maximum Gasteiger partial charge on any atom is 0.327 e. The SMILES string of the molecule is Cc1cc(C(C)(C)C)cc(C(C)(C)C)c1C(CCCCCCCCCCCCCCCCCOP(O)O)c1c(C)cc(C(C)(C)C)cc1C(C)(C)C. The minimum Gasteiger partial charge on any atom is -0.328 e. The molecule has 0 saturated heterocycles. The van der Waals surface area contributed by atoms with Gasteiger partial charge in [-0.3, -0.25) is 0 Å². The summed E-state index contributed by atoms with van der Waals surface area (Å²) < 4.78 is 4.84. The largest absolute Gasteiger partial charge is 0.328 e. The van der Waals surface area contributed by atoms with Crippen molar-refractivity contribution in [2.24, 2.45) is 0 Å². The molecule has 0 spiro atoms. The molecule has 298 valence electrons. The van der Waals surface area contributed by atoms with Gasteiger partial charge in [-0.05, 0) is 92.9 Å². The fourth-order valence-corrected chi connectivity index (χ4v) is 8.25. The van der Waals surface area contributed by atoms with Crippen LogP contribution in [0, 0.1) is 13.8 Å². The average Bonchev–Trinajstić information content (AvgIpc) is 3.00. The van der Waals surface area contributed by atoms with Crippen LogP contribution in [0.5, 0.6) is 0 Å². The van der Waals surface area contributed by atoms with E-state index in [1.807, 2.05) is 0 Å². The summed E-state index contributed by atoms with van der Waals surface area (Å²) in [6.07, 6.45) is 20.6. The third kappa shape index (κ3) is 15.8. The third-order valence-electron chi connectivity index (χ3n) is 11.2.